The van der Waals surface area contributed by atoms with Gasteiger partial charge in [-0.15, -0.1) is 0 Å². The van der Waals surface area contributed by atoms with Gasteiger partial charge in [0.15, 0.2) is 0 Å². The lowest BCUT2D eigenvalue weighted by Gasteiger charge is -2.06. The van der Waals surface area contributed by atoms with Gasteiger partial charge in [-0.1, -0.05) is 12.1 Å². The summed E-state index contributed by atoms with van der Waals surface area (Å²) < 4.78 is 2.05. The van der Waals surface area contributed by atoms with Crippen molar-refractivity contribution in [1.82, 2.24) is 4.57 Å². The Morgan fingerprint density at radius 1 is 1.43 bits per heavy atom. The third-order valence-electron chi connectivity index (χ3n) is 2.46. The number of nitrogens with zero attached hydrogens (tertiary/aromatic N) is 1. The SMILES string of the molecule is Cc1cc2cccc(O)c2n1CCN. The molecule has 0 fully saturated rings. The summed E-state index contributed by atoms with van der Waals surface area (Å²) in [5.41, 5.74) is 7.54. The van der Waals surface area contributed by atoms with Crippen molar-refractivity contribution in [2.75, 3.05) is 6.54 Å². The molecule has 0 bridgehead atoms. The van der Waals surface area contributed by atoms with Crippen molar-refractivity contribution >= 4 is 10.9 Å². The zero-order valence-electron chi connectivity index (χ0n) is 8.20. The van der Waals surface area contributed by atoms with E-state index >= 15 is 0 Å². The molecule has 0 aliphatic carbocycles. The molecule has 0 atom stereocenters. The number of hydrogen-bond donors (Lipinski definition) is 2. The Morgan fingerprint density at radius 3 is 2.93 bits per heavy atom. The molecule has 0 spiro atoms. The number of hydrogen-bond acceptors (Lipinski definition) is 2. The van der Waals surface area contributed by atoms with Crippen LogP contribution in [0.3, 0.4) is 0 Å². The van der Waals surface area contributed by atoms with Gasteiger partial charge in [-0.25, -0.2) is 0 Å². The van der Waals surface area contributed by atoms with Gasteiger partial charge in [0.1, 0.15) is 5.75 Å². The standard InChI is InChI=1S/C11H14N2O/c1-8-7-9-3-2-4-10(14)11(9)13(8)6-5-12/h2-4,7,14H,5-6,12H2,1H3. The molecule has 74 valence electrons. The van der Waals surface area contributed by atoms with Crippen LogP contribution in [0.4, 0.5) is 0 Å². The maximum Gasteiger partial charge on any atom is 0.139 e. The van der Waals surface area contributed by atoms with Crippen LogP contribution in [-0.2, 0) is 6.54 Å². The van der Waals surface area contributed by atoms with E-state index in [1.807, 2.05) is 23.6 Å². The van der Waals surface area contributed by atoms with Crippen molar-refractivity contribution in [3.8, 4) is 5.75 Å². The molecule has 1 aromatic heterocycles. The van der Waals surface area contributed by atoms with Crippen LogP contribution >= 0.6 is 0 Å². The molecule has 1 heterocycles. The Hall–Kier alpha value is -1.48. The normalized spacial score (nSPS) is 11.0. The van der Waals surface area contributed by atoms with Crippen LogP contribution < -0.4 is 5.73 Å². The average Bonchev–Trinajstić information content (AvgIpc) is 2.45. The van der Waals surface area contributed by atoms with Crippen LogP contribution in [0.1, 0.15) is 5.69 Å². The molecule has 3 N–H and O–H groups in total. The van der Waals surface area contributed by atoms with E-state index in [-0.39, 0.29) is 0 Å². The number of aryl methyl sites for hydroxylation is 1. The van der Waals surface area contributed by atoms with Gasteiger partial charge in [0, 0.05) is 24.2 Å². The van der Waals surface area contributed by atoms with E-state index in [9.17, 15) is 5.11 Å². The smallest absolute Gasteiger partial charge is 0.139 e. The monoisotopic (exact) mass is 190 g/mol. The van der Waals surface area contributed by atoms with E-state index in [1.165, 1.54) is 0 Å². The summed E-state index contributed by atoms with van der Waals surface area (Å²) in [6, 6.07) is 7.61. The van der Waals surface area contributed by atoms with Gasteiger partial charge < -0.3 is 15.4 Å². The van der Waals surface area contributed by atoms with Crippen molar-refractivity contribution in [2.24, 2.45) is 5.73 Å². The molecule has 14 heavy (non-hydrogen) atoms. The summed E-state index contributed by atoms with van der Waals surface area (Å²) in [4.78, 5) is 0. The lowest BCUT2D eigenvalue weighted by atomic mass is 10.2. The van der Waals surface area contributed by atoms with Gasteiger partial charge in [0.25, 0.3) is 0 Å². The van der Waals surface area contributed by atoms with Crippen molar-refractivity contribution in [3.05, 3.63) is 30.0 Å². The zero-order chi connectivity index (χ0) is 10.1. The Balaban J connectivity index is 2.73. The predicted octanol–water partition coefficient (Wildman–Crippen LogP) is 1.61. The van der Waals surface area contributed by atoms with E-state index in [4.69, 9.17) is 5.73 Å². The number of fused-ring (bicyclic) bond motifs is 1. The summed E-state index contributed by atoms with van der Waals surface area (Å²) in [5, 5.41) is 10.8. The van der Waals surface area contributed by atoms with E-state index in [0.29, 0.717) is 12.3 Å². The van der Waals surface area contributed by atoms with E-state index in [0.717, 1.165) is 23.1 Å². The molecule has 2 aromatic rings. The highest BCUT2D eigenvalue weighted by Gasteiger charge is 2.07. The predicted molar refractivity (Wildman–Crippen MR) is 57.4 cm³/mol. The molecule has 0 unspecified atom stereocenters. The second-order valence-corrected chi connectivity index (χ2v) is 3.44. The first-order chi connectivity index (χ1) is 6.74. The minimum absolute atomic E-state index is 0.323. The quantitative estimate of drug-likeness (QED) is 0.756. The maximum absolute atomic E-state index is 9.73. The highest BCUT2D eigenvalue weighted by Crippen LogP contribution is 2.27. The summed E-state index contributed by atoms with van der Waals surface area (Å²) in [6.07, 6.45) is 0. The molecular formula is C11H14N2O. The largest absolute Gasteiger partial charge is 0.506 e. The fourth-order valence-electron chi connectivity index (χ4n) is 1.86. The number of aromatic hydroxyl groups is 1. The van der Waals surface area contributed by atoms with Gasteiger partial charge in [-0.3, -0.25) is 0 Å². The zero-order valence-corrected chi connectivity index (χ0v) is 8.20. The molecule has 1 aromatic carbocycles. The molecule has 2 rings (SSSR count). The van der Waals surface area contributed by atoms with Crippen LogP contribution in [-0.4, -0.2) is 16.2 Å². The first kappa shape index (κ1) is 9.09. The Kier molecular flexibility index (Phi) is 2.17. The first-order valence-corrected chi connectivity index (χ1v) is 4.72. The van der Waals surface area contributed by atoms with Crippen molar-refractivity contribution < 1.29 is 5.11 Å². The van der Waals surface area contributed by atoms with Gasteiger partial charge in [0.2, 0.25) is 0 Å². The molecule has 3 heteroatoms. The minimum atomic E-state index is 0.323. The number of phenols is 1. The number of benzene rings is 1. The number of phenolic OH excluding ortho intramolecular Hbond substituents is 1. The Morgan fingerprint density at radius 2 is 2.21 bits per heavy atom. The number of nitrogens with two attached hydrogens (primary N) is 1. The Bertz CT molecular complexity index is 460. The van der Waals surface area contributed by atoms with Crippen LogP contribution in [0.2, 0.25) is 0 Å². The lowest BCUT2D eigenvalue weighted by Crippen LogP contribution is -2.10. The fraction of sp³-hybridized carbons (Fsp3) is 0.273. The van der Waals surface area contributed by atoms with Gasteiger partial charge >= 0.3 is 0 Å². The lowest BCUT2D eigenvalue weighted by molar-refractivity contribution is 0.477. The van der Waals surface area contributed by atoms with E-state index < -0.39 is 0 Å². The highest BCUT2D eigenvalue weighted by molar-refractivity contribution is 5.86. The molecule has 0 saturated carbocycles. The molecule has 0 saturated heterocycles. The van der Waals surface area contributed by atoms with Crippen LogP contribution in [0, 0.1) is 6.92 Å². The number of aromatic nitrogens is 1. The minimum Gasteiger partial charge on any atom is -0.506 e. The van der Waals surface area contributed by atoms with Crippen molar-refractivity contribution in [1.29, 1.82) is 0 Å². The molecule has 0 radical (unpaired) electrons. The first-order valence-electron chi connectivity index (χ1n) is 4.72. The van der Waals surface area contributed by atoms with Crippen LogP contribution in [0.25, 0.3) is 10.9 Å². The molecule has 0 aliphatic rings. The second kappa shape index (κ2) is 3.35. The molecule has 0 amide bonds. The maximum atomic E-state index is 9.73. The topological polar surface area (TPSA) is 51.2 Å². The third-order valence-corrected chi connectivity index (χ3v) is 2.46. The summed E-state index contributed by atoms with van der Waals surface area (Å²) in [6.45, 7) is 3.35. The van der Waals surface area contributed by atoms with Gasteiger partial charge in [-0.2, -0.15) is 0 Å². The van der Waals surface area contributed by atoms with Gasteiger partial charge in [0.05, 0.1) is 5.52 Å². The fourth-order valence-corrected chi connectivity index (χ4v) is 1.86. The highest BCUT2D eigenvalue weighted by atomic mass is 16.3. The second-order valence-electron chi connectivity index (χ2n) is 3.44. The molecule has 0 aliphatic heterocycles. The van der Waals surface area contributed by atoms with Crippen LogP contribution in [0.5, 0.6) is 5.75 Å². The summed E-state index contributed by atoms with van der Waals surface area (Å²) in [7, 11) is 0. The molecule has 3 nitrogen and oxygen atoms in total. The third kappa shape index (κ3) is 1.26. The molecular weight excluding hydrogens is 176 g/mol. The average molecular weight is 190 g/mol. The van der Waals surface area contributed by atoms with Crippen molar-refractivity contribution in [2.45, 2.75) is 13.5 Å². The van der Waals surface area contributed by atoms with Crippen LogP contribution in [0.15, 0.2) is 24.3 Å². The summed E-state index contributed by atoms with van der Waals surface area (Å²) >= 11 is 0. The van der Waals surface area contributed by atoms with Crippen molar-refractivity contribution in [3.63, 3.8) is 0 Å². The van der Waals surface area contributed by atoms with E-state index in [1.54, 1.807) is 6.07 Å². The Labute approximate surface area is 82.8 Å². The number of rotatable bonds is 2. The number of para-hydroxylation sites is 1. The van der Waals surface area contributed by atoms with Gasteiger partial charge in [-0.05, 0) is 19.1 Å². The summed E-state index contributed by atoms with van der Waals surface area (Å²) in [5.74, 6) is 0.323. The van der Waals surface area contributed by atoms with E-state index in [2.05, 4.69) is 6.07 Å².